The number of nitrogens with one attached hydrogen (secondary N) is 1. The van der Waals surface area contributed by atoms with E-state index in [9.17, 15) is 0 Å². The van der Waals surface area contributed by atoms with Gasteiger partial charge >= 0.3 is 0 Å². The molecule has 1 N–H and O–H groups in total. The highest BCUT2D eigenvalue weighted by Crippen LogP contribution is 2.17. The van der Waals surface area contributed by atoms with Gasteiger partial charge < -0.3 is 9.84 Å². The Labute approximate surface area is 111 Å². The van der Waals surface area contributed by atoms with Crippen LogP contribution in [0.15, 0.2) is 10.6 Å². The fourth-order valence-electron chi connectivity index (χ4n) is 1.74. The Balaban J connectivity index is 1.81. The fourth-order valence-corrected chi connectivity index (χ4v) is 2.67. The van der Waals surface area contributed by atoms with Crippen LogP contribution < -0.4 is 5.32 Å². The fraction of sp³-hybridized carbons (Fsp3) is 0.538. The van der Waals surface area contributed by atoms with Crippen LogP contribution in [0, 0.1) is 20.8 Å². The van der Waals surface area contributed by atoms with Crippen molar-refractivity contribution in [3.63, 3.8) is 0 Å². The van der Waals surface area contributed by atoms with Gasteiger partial charge in [0, 0.05) is 23.9 Å². The molecule has 18 heavy (non-hydrogen) atoms. The molecule has 2 rings (SSSR count). The van der Waals surface area contributed by atoms with Crippen molar-refractivity contribution in [2.75, 3.05) is 6.54 Å². The first-order chi connectivity index (χ1) is 8.56. The third-order valence-corrected chi connectivity index (χ3v) is 4.08. The molecule has 2 aromatic heterocycles. The standard InChI is InChI=1S/C13H19N3OS/c1-8-7-12(16-17-8)10(3)14-6-5-13-15-9(2)11(4)18-13/h7,10,14H,5-6H2,1-4H3. The van der Waals surface area contributed by atoms with Gasteiger partial charge in [0.1, 0.15) is 11.5 Å². The number of rotatable bonds is 5. The van der Waals surface area contributed by atoms with E-state index in [2.05, 4.69) is 36.2 Å². The molecule has 0 amide bonds. The van der Waals surface area contributed by atoms with E-state index < -0.39 is 0 Å². The maximum absolute atomic E-state index is 5.07. The SMILES string of the molecule is Cc1cc(C(C)NCCc2nc(C)c(C)s2)no1. The van der Waals surface area contributed by atoms with Gasteiger partial charge in [-0.15, -0.1) is 11.3 Å². The van der Waals surface area contributed by atoms with Gasteiger partial charge in [0.25, 0.3) is 0 Å². The quantitative estimate of drug-likeness (QED) is 0.903. The highest BCUT2D eigenvalue weighted by molar-refractivity contribution is 7.11. The number of nitrogens with zero attached hydrogens (tertiary/aromatic N) is 2. The largest absolute Gasteiger partial charge is 0.361 e. The van der Waals surface area contributed by atoms with Crippen LogP contribution in [0.1, 0.15) is 40.0 Å². The first kappa shape index (κ1) is 13.2. The van der Waals surface area contributed by atoms with E-state index in [4.69, 9.17) is 4.52 Å². The summed E-state index contributed by atoms with van der Waals surface area (Å²) >= 11 is 1.78. The van der Waals surface area contributed by atoms with Crippen molar-refractivity contribution < 1.29 is 4.52 Å². The Morgan fingerprint density at radius 2 is 2.17 bits per heavy atom. The lowest BCUT2D eigenvalue weighted by molar-refractivity contribution is 0.381. The molecule has 0 saturated carbocycles. The second kappa shape index (κ2) is 5.63. The Hall–Kier alpha value is -1.20. The lowest BCUT2D eigenvalue weighted by Crippen LogP contribution is -2.21. The van der Waals surface area contributed by atoms with Crippen molar-refractivity contribution in [2.24, 2.45) is 0 Å². The van der Waals surface area contributed by atoms with Crippen LogP contribution in [0.25, 0.3) is 0 Å². The minimum atomic E-state index is 0.213. The zero-order valence-electron chi connectivity index (χ0n) is 11.3. The summed E-state index contributed by atoms with van der Waals surface area (Å²) in [6, 6.07) is 2.18. The molecule has 0 aliphatic rings. The van der Waals surface area contributed by atoms with E-state index in [-0.39, 0.29) is 6.04 Å². The van der Waals surface area contributed by atoms with E-state index >= 15 is 0 Å². The zero-order valence-corrected chi connectivity index (χ0v) is 12.1. The smallest absolute Gasteiger partial charge is 0.133 e. The normalized spacial score (nSPS) is 12.9. The lowest BCUT2D eigenvalue weighted by atomic mass is 10.2. The molecule has 0 aromatic carbocycles. The van der Waals surface area contributed by atoms with E-state index in [1.165, 1.54) is 9.88 Å². The van der Waals surface area contributed by atoms with Crippen LogP contribution >= 0.6 is 11.3 Å². The van der Waals surface area contributed by atoms with Crippen molar-refractivity contribution >= 4 is 11.3 Å². The molecular formula is C13H19N3OS. The van der Waals surface area contributed by atoms with Crippen molar-refractivity contribution in [3.8, 4) is 0 Å². The highest BCUT2D eigenvalue weighted by Gasteiger charge is 2.10. The summed E-state index contributed by atoms with van der Waals surface area (Å²) < 4.78 is 5.07. The van der Waals surface area contributed by atoms with Crippen molar-refractivity contribution in [1.82, 2.24) is 15.5 Å². The van der Waals surface area contributed by atoms with E-state index in [1.54, 1.807) is 11.3 Å². The molecule has 0 bridgehead atoms. The van der Waals surface area contributed by atoms with Crippen LogP contribution in [-0.4, -0.2) is 16.7 Å². The molecule has 1 unspecified atom stereocenters. The molecule has 0 saturated heterocycles. The topological polar surface area (TPSA) is 51.0 Å². The summed E-state index contributed by atoms with van der Waals surface area (Å²) in [6.07, 6.45) is 0.959. The Morgan fingerprint density at radius 3 is 2.72 bits per heavy atom. The molecule has 2 heterocycles. The average molecular weight is 265 g/mol. The number of hydrogen-bond acceptors (Lipinski definition) is 5. The third kappa shape index (κ3) is 3.17. The third-order valence-electron chi connectivity index (χ3n) is 2.95. The van der Waals surface area contributed by atoms with Crippen LogP contribution in [-0.2, 0) is 6.42 Å². The number of hydrogen-bond donors (Lipinski definition) is 1. The minimum Gasteiger partial charge on any atom is -0.361 e. The molecule has 0 spiro atoms. The molecular weight excluding hydrogens is 246 g/mol. The van der Waals surface area contributed by atoms with Gasteiger partial charge in [-0.2, -0.15) is 0 Å². The van der Waals surface area contributed by atoms with Gasteiger partial charge in [-0.25, -0.2) is 4.98 Å². The van der Waals surface area contributed by atoms with Gasteiger partial charge in [0.05, 0.1) is 16.7 Å². The monoisotopic (exact) mass is 265 g/mol. The van der Waals surface area contributed by atoms with Gasteiger partial charge in [0.2, 0.25) is 0 Å². The zero-order chi connectivity index (χ0) is 13.1. The number of thiazole rings is 1. The lowest BCUT2D eigenvalue weighted by Gasteiger charge is -2.09. The summed E-state index contributed by atoms with van der Waals surface area (Å²) in [4.78, 5) is 5.84. The van der Waals surface area contributed by atoms with Crippen LogP contribution in [0.3, 0.4) is 0 Å². The summed E-state index contributed by atoms with van der Waals surface area (Å²) in [5.74, 6) is 0.852. The molecule has 5 heteroatoms. The molecule has 4 nitrogen and oxygen atoms in total. The highest BCUT2D eigenvalue weighted by atomic mass is 32.1. The van der Waals surface area contributed by atoms with Gasteiger partial charge in [-0.3, -0.25) is 0 Å². The molecule has 0 fully saturated rings. The Bertz CT molecular complexity index is 499. The van der Waals surface area contributed by atoms with Crippen molar-refractivity contribution in [3.05, 3.63) is 33.1 Å². The molecule has 0 aliphatic carbocycles. The molecule has 0 radical (unpaired) electrons. The second-order valence-electron chi connectivity index (χ2n) is 4.54. The molecule has 2 aromatic rings. The second-order valence-corrected chi connectivity index (χ2v) is 5.83. The van der Waals surface area contributed by atoms with Crippen molar-refractivity contribution in [2.45, 2.75) is 40.2 Å². The van der Waals surface area contributed by atoms with Crippen LogP contribution in [0.5, 0.6) is 0 Å². The summed E-state index contributed by atoms with van der Waals surface area (Å²) in [6.45, 7) is 9.08. The van der Waals surface area contributed by atoms with Crippen molar-refractivity contribution in [1.29, 1.82) is 0 Å². The predicted molar refractivity (Wildman–Crippen MR) is 72.9 cm³/mol. The predicted octanol–water partition coefficient (Wildman–Crippen LogP) is 2.95. The van der Waals surface area contributed by atoms with E-state index in [0.717, 1.165) is 30.1 Å². The van der Waals surface area contributed by atoms with Crippen LogP contribution in [0.2, 0.25) is 0 Å². The summed E-state index contributed by atoms with van der Waals surface area (Å²) in [5, 5.41) is 8.64. The molecule has 98 valence electrons. The van der Waals surface area contributed by atoms with Gasteiger partial charge in [-0.05, 0) is 27.7 Å². The Morgan fingerprint density at radius 1 is 1.39 bits per heavy atom. The number of aryl methyl sites for hydroxylation is 3. The molecule has 1 atom stereocenters. The maximum atomic E-state index is 5.07. The first-order valence-electron chi connectivity index (χ1n) is 6.15. The summed E-state index contributed by atoms with van der Waals surface area (Å²) in [7, 11) is 0. The molecule has 0 aliphatic heterocycles. The minimum absolute atomic E-state index is 0.213. The van der Waals surface area contributed by atoms with E-state index in [1.807, 2.05) is 13.0 Å². The Kier molecular flexibility index (Phi) is 4.14. The number of aromatic nitrogens is 2. The average Bonchev–Trinajstić information content (AvgIpc) is 2.87. The van der Waals surface area contributed by atoms with Gasteiger partial charge in [0.15, 0.2) is 0 Å². The summed E-state index contributed by atoms with van der Waals surface area (Å²) in [5.41, 5.74) is 2.11. The first-order valence-corrected chi connectivity index (χ1v) is 6.97. The maximum Gasteiger partial charge on any atom is 0.133 e. The van der Waals surface area contributed by atoms with Gasteiger partial charge in [-0.1, -0.05) is 5.16 Å². The van der Waals surface area contributed by atoms with E-state index in [0.29, 0.717) is 0 Å². The van der Waals surface area contributed by atoms with Crippen LogP contribution in [0.4, 0.5) is 0 Å².